The molecule has 2 aromatic rings. The normalized spacial score (nSPS) is 12.1. The van der Waals surface area contributed by atoms with Gasteiger partial charge in [-0.05, 0) is 29.8 Å². The molecule has 0 bridgehead atoms. The van der Waals surface area contributed by atoms with Crippen LogP contribution in [0.15, 0.2) is 54.9 Å². The Morgan fingerprint density at radius 3 is 2.38 bits per heavy atom. The molecule has 0 saturated carbocycles. The first-order valence-corrected chi connectivity index (χ1v) is 5.31. The lowest BCUT2D eigenvalue weighted by atomic mass is 10.1. The van der Waals surface area contributed by atoms with Crippen LogP contribution in [-0.2, 0) is 0 Å². The lowest BCUT2D eigenvalue weighted by Gasteiger charge is -2.18. The summed E-state index contributed by atoms with van der Waals surface area (Å²) in [6.45, 7) is 0.554. The number of para-hydroxylation sites is 1. The topological polar surface area (TPSA) is 50.9 Å². The monoisotopic (exact) mass is 213 g/mol. The Labute approximate surface area is 95.3 Å². The lowest BCUT2D eigenvalue weighted by Crippen LogP contribution is -2.20. The van der Waals surface area contributed by atoms with Crippen molar-refractivity contribution in [2.75, 3.05) is 11.9 Å². The van der Waals surface area contributed by atoms with E-state index in [1.807, 2.05) is 42.5 Å². The molecule has 82 valence electrons. The highest BCUT2D eigenvalue weighted by molar-refractivity contribution is 5.45. The number of pyridine rings is 1. The number of nitrogens with zero attached hydrogens (tertiary/aromatic N) is 1. The van der Waals surface area contributed by atoms with Crippen LogP contribution in [0.2, 0.25) is 0 Å². The minimum absolute atomic E-state index is 0.130. The third-order valence-electron chi connectivity index (χ3n) is 2.46. The van der Waals surface area contributed by atoms with Crippen molar-refractivity contribution in [2.24, 2.45) is 5.73 Å². The van der Waals surface area contributed by atoms with E-state index in [9.17, 15) is 0 Å². The van der Waals surface area contributed by atoms with Crippen molar-refractivity contribution in [3.05, 3.63) is 60.4 Å². The molecular weight excluding hydrogens is 198 g/mol. The number of rotatable bonds is 4. The van der Waals surface area contributed by atoms with Crippen LogP contribution in [0, 0.1) is 0 Å². The van der Waals surface area contributed by atoms with Crippen molar-refractivity contribution in [3.63, 3.8) is 0 Å². The van der Waals surface area contributed by atoms with Crippen LogP contribution in [0.4, 0.5) is 5.69 Å². The minimum Gasteiger partial charge on any atom is -0.377 e. The molecule has 0 aliphatic heterocycles. The van der Waals surface area contributed by atoms with Gasteiger partial charge in [0.05, 0.1) is 6.04 Å². The molecule has 0 fully saturated rings. The molecule has 1 unspecified atom stereocenters. The van der Waals surface area contributed by atoms with Gasteiger partial charge in [-0.2, -0.15) is 0 Å². The van der Waals surface area contributed by atoms with Gasteiger partial charge < -0.3 is 11.1 Å². The van der Waals surface area contributed by atoms with Crippen LogP contribution in [0.25, 0.3) is 0 Å². The SMILES string of the molecule is NCC(Nc1ccccc1)c1ccncc1. The first-order chi connectivity index (χ1) is 7.90. The molecule has 3 heteroatoms. The van der Waals surface area contributed by atoms with Crippen molar-refractivity contribution in [1.82, 2.24) is 4.98 Å². The number of nitrogens with one attached hydrogen (secondary N) is 1. The number of hydrogen-bond acceptors (Lipinski definition) is 3. The molecule has 1 atom stereocenters. The summed E-state index contributed by atoms with van der Waals surface area (Å²) in [6, 6.07) is 14.2. The number of anilines is 1. The molecule has 0 aliphatic carbocycles. The van der Waals surface area contributed by atoms with Crippen molar-refractivity contribution in [3.8, 4) is 0 Å². The fourth-order valence-electron chi connectivity index (χ4n) is 1.61. The zero-order valence-electron chi connectivity index (χ0n) is 9.01. The Kier molecular flexibility index (Phi) is 3.51. The molecule has 0 spiro atoms. The standard InChI is InChI=1S/C13H15N3/c14-10-13(11-6-8-15-9-7-11)16-12-4-2-1-3-5-12/h1-9,13,16H,10,14H2. The molecule has 3 N–H and O–H groups in total. The third-order valence-corrected chi connectivity index (χ3v) is 2.46. The minimum atomic E-state index is 0.130. The average Bonchev–Trinajstić information content (AvgIpc) is 2.38. The predicted octanol–water partition coefficient (Wildman–Crippen LogP) is 2.19. The molecule has 1 heterocycles. The van der Waals surface area contributed by atoms with E-state index in [4.69, 9.17) is 5.73 Å². The van der Waals surface area contributed by atoms with Gasteiger partial charge in [-0.25, -0.2) is 0 Å². The van der Waals surface area contributed by atoms with Crippen LogP contribution < -0.4 is 11.1 Å². The van der Waals surface area contributed by atoms with E-state index in [1.165, 1.54) is 0 Å². The molecule has 0 saturated heterocycles. The van der Waals surface area contributed by atoms with Crippen molar-refractivity contribution in [1.29, 1.82) is 0 Å². The summed E-state index contributed by atoms with van der Waals surface area (Å²) in [4.78, 5) is 4.00. The first kappa shape index (κ1) is 10.6. The molecule has 0 radical (unpaired) electrons. The van der Waals surface area contributed by atoms with Gasteiger partial charge in [0.15, 0.2) is 0 Å². The van der Waals surface area contributed by atoms with Gasteiger partial charge in [0.1, 0.15) is 0 Å². The van der Waals surface area contributed by atoms with E-state index in [0.717, 1.165) is 11.3 Å². The Morgan fingerprint density at radius 1 is 1.06 bits per heavy atom. The smallest absolute Gasteiger partial charge is 0.0637 e. The first-order valence-electron chi connectivity index (χ1n) is 5.31. The second-order valence-corrected chi connectivity index (χ2v) is 3.58. The maximum absolute atomic E-state index is 5.77. The van der Waals surface area contributed by atoms with Gasteiger partial charge in [-0.1, -0.05) is 18.2 Å². The highest BCUT2D eigenvalue weighted by Gasteiger charge is 2.08. The predicted molar refractivity (Wildman–Crippen MR) is 66.1 cm³/mol. The lowest BCUT2D eigenvalue weighted by molar-refractivity contribution is 0.788. The quantitative estimate of drug-likeness (QED) is 0.818. The van der Waals surface area contributed by atoms with Gasteiger partial charge in [0, 0.05) is 24.6 Å². The number of benzene rings is 1. The van der Waals surface area contributed by atoms with Crippen LogP contribution in [0.5, 0.6) is 0 Å². The van der Waals surface area contributed by atoms with Crippen molar-refractivity contribution in [2.45, 2.75) is 6.04 Å². The average molecular weight is 213 g/mol. The molecule has 1 aromatic heterocycles. The summed E-state index contributed by atoms with van der Waals surface area (Å²) in [5, 5.41) is 3.39. The maximum atomic E-state index is 5.77. The Balaban J connectivity index is 2.13. The fourth-order valence-corrected chi connectivity index (χ4v) is 1.61. The zero-order valence-corrected chi connectivity index (χ0v) is 9.01. The van der Waals surface area contributed by atoms with Crippen LogP contribution >= 0.6 is 0 Å². The Morgan fingerprint density at radius 2 is 1.75 bits per heavy atom. The molecule has 1 aromatic carbocycles. The van der Waals surface area contributed by atoms with Crippen LogP contribution in [0.1, 0.15) is 11.6 Å². The molecule has 3 nitrogen and oxygen atoms in total. The van der Waals surface area contributed by atoms with Gasteiger partial charge in [-0.15, -0.1) is 0 Å². The van der Waals surface area contributed by atoms with E-state index in [0.29, 0.717) is 6.54 Å². The number of nitrogens with two attached hydrogens (primary N) is 1. The van der Waals surface area contributed by atoms with E-state index < -0.39 is 0 Å². The van der Waals surface area contributed by atoms with E-state index in [2.05, 4.69) is 10.3 Å². The van der Waals surface area contributed by atoms with Gasteiger partial charge in [-0.3, -0.25) is 4.98 Å². The summed E-state index contributed by atoms with van der Waals surface area (Å²) in [5.74, 6) is 0. The van der Waals surface area contributed by atoms with E-state index >= 15 is 0 Å². The van der Waals surface area contributed by atoms with E-state index in [1.54, 1.807) is 12.4 Å². The third kappa shape index (κ3) is 2.58. The Bertz CT molecular complexity index is 414. The van der Waals surface area contributed by atoms with Crippen LogP contribution in [0.3, 0.4) is 0 Å². The van der Waals surface area contributed by atoms with Gasteiger partial charge in [0.25, 0.3) is 0 Å². The van der Waals surface area contributed by atoms with E-state index in [-0.39, 0.29) is 6.04 Å². The largest absolute Gasteiger partial charge is 0.377 e. The summed E-state index contributed by atoms with van der Waals surface area (Å²) in [6.07, 6.45) is 3.56. The highest BCUT2D eigenvalue weighted by atomic mass is 14.9. The summed E-state index contributed by atoms with van der Waals surface area (Å²) in [7, 11) is 0. The molecule has 0 aliphatic rings. The molecule has 2 rings (SSSR count). The second kappa shape index (κ2) is 5.28. The Hall–Kier alpha value is -1.87. The maximum Gasteiger partial charge on any atom is 0.0637 e. The summed E-state index contributed by atoms with van der Waals surface area (Å²) < 4.78 is 0. The second-order valence-electron chi connectivity index (χ2n) is 3.58. The number of aromatic nitrogens is 1. The van der Waals surface area contributed by atoms with Gasteiger partial charge in [0.2, 0.25) is 0 Å². The van der Waals surface area contributed by atoms with Gasteiger partial charge >= 0.3 is 0 Å². The summed E-state index contributed by atoms with van der Waals surface area (Å²) in [5.41, 5.74) is 8.00. The van der Waals surface area contributed by atoms with Crippen molar-refractivity contribution < 1.29 is 0 Å². The molecule has 16 heavy (non-hydrogen) atoms. The number of hydrogen-bond donors (Lipinski definition) is 2. The van der Waals surface area contributed by atoms with Crippen LogP contribution in [-0.4, -0.2) is 11.5 Å². The molecule has 0 amide bonds. The fraction of sp³-hybridized carbons (Fsp3) is 0.154. The highest BCUT2D eigenvalue weighted by Crippen LogP contribution is 2.17. The zero-order chi connectivity index (χ0) is 11.2. The van der Waals surface area contributed by atoms with Crippen molar-refractivity contribution >= 4 is 5.69 Å². The molecular formula is C13H15N3. The summed E-state index contributed by atoms with van der Waals surface area (Å²) >= 11 is 0.